The van der Waals surface area contributed by atoms with Crippen LogP contribution in [0.25, 0.3) is 0 Å². The molecule has 1 N–H and O–H groups in total. The Balaban J connectivity index is 1.46. The number of hydrogen-bond acceptors (Lipinski definition) is 5. The molecule has 0 aromatic heterocycles. The van der Waals surface area contributed by atoms with Crippen LogP contribution in [0.1, 0.15) is 123 Å². The Morgan fingerprint density at radius 2 is 1.51 bits per heavy atom. The maximum atomic E-state index is 13.0. The fourth-order valence-corrected chi connectivity index (χ4v) is 6.18. The number of benzene rings is 2. The smallest absolute Gasteiger partial charge is 0.262 e. The molecular formula is C37H56N2O3S. The molecule has 6 heteroatoms. The Labute approximate surface area is 266 Å². The molecule has 1 aliphatic rings. The summed E-state index contributed by atoms with van der Waals surface area (Å²) >= 11 is 1.84. The van der Waals surface area contributed by atoms with Crippen LogP contribution in [0.3, 0.4) is 0 Å². The van der Waals surface area contributed by atoms with Crippen molar-refractivity contribution in [2.24, 2.45) is 0 Å². The third-order valence-electron chi connectivity index (χ3n) is 7.88. The van der Waals surface area contributed by atoms with E-state index in [1.54, 1.807) is 0 Å². The molecule has 0 radical (unpaired) electrons. The summed E-state index contributed by atoms with van der Waals surface area (Å²) in [6.07, 6.45) is 18.0. The topological polar surface area (TPSA) is 50.8 Å². The van der Waals surface area contributed by atoms with E-state index in [1.807, 2.05) is 42.1 Å². The predicted molar refractivity (Wildman–Crippen MR) is 184 cm³/mol. The number of ether oxygens (including phenoxy) is 2. The molecule has 5 nitrogen and oxygen atoms in total. The second kappa shape index (κ2) is 18.9. The molecular weight excluding hydrogens is 552 g/mol. The van der Waals surface area contributed by atoms with Crippen LogP contribution in [0.15, 0.2) is 53.6 Å². The summed E-state index contributed by atoms with van der Waals surface area (Å²) in [6.45, 7) is 12.3. The fraction of sp³-hybridized carbons (Fsp3) is 0.595. The number of unbranched alkanes of at least 4 members (excludes halogenated alkanes) is 11. The van der Waals surface area contributed by atoms with Crippen LogP contribution in [-0.4, -0.2) is 29.9 Å². The molecule has 0 saturated heterocycles. The third kappa shape index (κ3) is 12.9. The first-order chi connectivity index (χ1) is 20.8. The Bertz CT molecular complexity index is 1140. The van der Waals surface area contributed by atoms with Gasteiger partial charge in [-0.1, -0.05) is 129 Å². The summed E-state index contributed by atoms with van der Waals surface area (Å²) in [6, 6.07) is 14.0. The SMILES string of the molecule is CCCCCCCCCCCCCCOc1c(OCC(=O)Nc2ccccc2CN2C=C(C)SC2)cccc1C(C)(C)C. The van der Waals surface area contributed by atoms with Crippen LogP contribution in [0.2, 0.25) is 0 Å². The number of anilines is 1. The number of carbonyl (C=O) groups excluding carboxylic acids is 1. The number of allylic oxidation sites excluding steroid dienone is 1. The van der Waals surface area contributed by atoms with E-state index in [0.717, 1.165) is 41.4 Å². The summed E-state index contributed by atoms with van der Waals surface area (Å²) in [5, 5.41) is 3.07. The van der Waals surface area contributed by atoms with Gasteiger partial charge in [-0.3, -0.25) is 4.79 Å². The highest BCUT2D eigenvalue weighted by Gasteiger charge is 2.23. The second-order valence-electron chi connectivity index (χ2n) is 12.9. The summed E-state index contributed by atoms with van der Waals surface area (Å²) in [7, 11) is 0. The van der Waals surface area contributed by atoms with Crippen molar-refractivity contribution >= 4 is 23.4 Å². The highest BCUT2D eigenvalue weighted by molar-refractivity contribution is 8.03. The summed E-state index contributed by atoms with van der Waals surface area (Å²) < 4.78 is 12.5. The largest absolute Gasteiger partial charge is 0.489 e. The molecule has 2 aromatic rings. The lowest BCUT2D eigenvalue weighted by Crippen LogP contribution is -2.22. The van der Waals surface area contributed by atoms with Crippen LogP contribution in [0.4, 0.5) is 5.69 Å². The molecule has 0 bridgehead atoms. The van der Waals surface area contributed by atoms with E-state index in [-0.39, 0.29) is 17.9 Å². The van der Waals surface area contributed by atoms with Crippen molar-refractivity contribution in [3.05, 3.63) is 64.7 Å². The van der Waals surface area contributed by atoms with E-state index in [0.29, 0.717) is 12.4 Å². The fourth-order valence-electron chi connectivity index (χ4n) is 5.42. The first-order valence-electron chi connectivity index (χ1n) is 16.6. The Hall–Kier alpha value is -2.60. The van der Waals surface area contributed by atoms with Crippen molar-refractivity contribution in [1.29, 1.82) is 0 Å². The van der Waals surface area contributed by atoms with Crippen molar-refractivity contribution in [2.75, 3.05) is 24.4 Å². The van der Waals surface area contributed by atoms with E-state index >= 15 is 0 Å². The molecule has 0 saturated carbocycles. The van der Waals surface area contributed by atoms with E-state index in [2.05, 4.69) is 63.2 Å². The maximum Gasteiger partial charge on any atom is 0.262 e. The zero-order valence-electron chi connectivity index (χ0n) is 27.5. The molecule has 1 amide bonds. The predicted octanol–water partition coefficient (Wildman–Crippen LogP) is 10.4. The van der Waals surface area contributed by atoms with Gasteiger partial charge in [-0.25, -0.2) is 0 Å². The van der Waals surface area contributed by atoms with Gasteiger partial charge in [-0.15, -0.1) is 11.8 Å². The van der Waals surface area contributed by atoms with Crippen molar-refractivity contribution in [3.63, 3.8) is 0 Å². The molecule has 3 rings (SSSR count). The van der Waals surface area contributed by atoms with Gasteiger partial charge in [-0.05, 0) is 41.4 Å². The van der Waals surface area contributed by atoms with Gasteiger partial charge in [0.25, 0.3) is 5.91 Å². The van der Waals surface area contributed by atoms with Crippen LogP contribution in [-0.2, 0) is 16.8 Å². The summed E-state index contributed by atoms with van der Waals surface area (Å²) in [5.41, 5.74) is 2.91. The minimum atomic E-state index is -0.178. The van der Waals surface area contributed by atoms with E-state index < -0.39 is 0 Å². The molecule has 2 aromatic carbocycles. The Kier molecular flexibility index (Phi) is 15.4. The van der Waals surface area contributed by atoms with Gasteiger partial charge in [0.2, 0.25) is 0 Å². The first kappa shape index (κ1) is 34.9. The summed E-state index contributed by atoms with van der Waals surface area (Å²) in [4.78, 5) is 16.6. The van der Waals surface area contributed by atoms with Crippen molar-refractivity contribution in [1.82, 2.24) is 4.90 Å². The highest BCUT2D eigenvalue weighted by Crippen LogP contribution is 2.39. The van der Waals surface area contributed by atoms with Crippen LogP contribution < -0.4 is 14.8 Å². The average molecular weight is 609 g/mol. The normalized spacial score (nSPS) is 13.2. The summed E-state index contributed by atoms with van der Waals surface area (Å²) in [5.74, 6) is 2.15. The number of hydrogen-bond donors (Lipinski definition) is 1. The zero-order chi connectivity index (χ0) is 30.9. The van der Waals surface area contributed by atoms with Crippen LogP contribution >= 0.6 is 11.8 Å². The van der Waals surface area contributed by atoms with E-state index in [1.165, 1.54) is 75.5 Å². The quantitative estimate of drug-likeness (QED) is 0.152. The monoisotopic (exact) mass is 608 g/mol. The lowest BCUT2D eigenvalue weighted by atomic mass is 9.86. The molecule has 0 aliphatic carbocycles. The number of carbonyl (C=O) groups is 1. The van der Waals surface area contributed by atoms with Gasteiger partial charge in [0, 0.05) is 24.0 Å². The number of nitrogens with zero attached hydrogens (tertiary/aromatic N) is 1. The second-order valence-corrected chi connectivity index (χ2v) is 14.1. The number of para-hydroxylation sites is 2. The van der Waals surface area contributed by atoms with Crippen molar-refractivity contribution in [2.45, 2.75) is 124 Å². The van der Waals surface area contributed by atoms with Gasteiger partial charge in [0.15, 0.2) is 18.1 Å². The number of thioether (sulfide) groups is 1. The van der Waals surface area contributed by atoms with Crippen LogP contribution in [0.5, 0.6) is 11.5 Å². The molecule has 1 aliphatic heterocycles. The lowest BCUT2D eigenvalue weighted by molar-refractivity contribution is -0.118. The van der Waals surface area contributed by atoms with E-state index in [4.69, 9.17) is 9.47 Å². The minimum Gasteiger partial charge on any atom is -0.489 e. The molecule has 238 valence electrons. The Morgan fingerprint density at radius 3 is 2.14 bits per heavy atom. The lowest BCUT2D eigenvalue weighted by Gasteiger charge is -2.25. The average Bonchev–Trinajstić information content (AvgIpc) is 3.39. The van der Waals surface area contributed by atoms with E-state index in [9.17, 15) is 4.79 Å². The molecule has 0 atom stereocenters. The molecule has 0 spiro atoms. The Morgan fingerprint density at radius 1 is 0.860 bits per heavy atom. The minimum absolute atomic E-state index is 0.0739. The maximum absolute atomic E-state index is 13.0. The zero-order valence-corrected chi connectivity index (χ0v) is 28.3. The molecule has 0 unspecified atom stereocenters. The van der Waals surface area contributed by atoms with Gasteiger partial charge in [-0.2, -0.15) is 0 Å². The van der Waals surface area contributed by atoms with Gasteiger partial charge in [0.05, 0.1) is 12.5 Å². The van der Waals surface area contributed by atoms with Gasteiger partial charge >= 0.3 is 0 Å². The van der Waals surface area contributed by atoms with Gasteiger partial charge in [0.1, 0.15) is 0 Å². The molecule has 0 fully saturated rings. The number of rotatable bonds is 20. The van der Waals surface area contributed by atoms with Crippen molar-refractivity contribution in [3.8, 4) is 11.5 Å². The number of nitrogens with one attached hydrogen (secondary N) is 1. The molecule has 43 heavy (non-hydrogen) atoms. The van der Waals surface area contributed by atoms with Gasteiger partial charge < -0.3 is 19.7 Å². The standard InChI is InChI=1S/C37H56N2O3S/c1-6-7-8-9-10-11-12-13-14-15-16-19-25-41-36-32(37(3,4)5)22-20-24-34(36)42-28-35(40)38-33-23-18-17-21-31(33)27-39-26-30(2)43-29-39/h17-18,20-24,26H,6-16,19,25,27-29H2,1-5H3,(H,38,40). The number of amides is 1. The van der Waals surface area contributed by atoms with Crippen LogP contribution in [0, 0.1) is 0 Å². The third-order valence-corrected chi connectivity index (χ3v) is 8.90. The van der Waals surface area contributed by atoms with Crippen molar-refractivity contribution < 1.29 is 14.3 Å². The molecule has 1 heterocycles. The highest BCUT2D eigenvalue weighted by atomic mass is 32.2. The first-order valence-corrected chi connectivity index (χ1v) is 17.6.